The third kappa shape index (κ3) is 31.2. The van der Waals surface area contributed by atoms with Gasteiger partial charge in [0.15, 0.2) is 0 Å². The molecule has 0 aliphatic carbocycles. The smallest absolute Gasteiger partial charge is 0.328 e. The Hall–Kier alpha value is -1.43. The Morgan fingerprint density at radius 2 is 1.14 bits per heavy atom. The third-order valence-corrected chi connectivity index (χ3v) is 0.589. The van der Waals surface area contributed by atoms with Crippen LogP contribution >= 0.6 is 8.25 Å². The predicted octanol–water partition coefficient (Wildman–Crippen LogP) is -0.371. The molecule has 0 radical (unpaired) electrons. The van der Waals surface area contributed by atoms with E-state index in [9.17, 15) is 9.59 Å². The van der Waals surface area contributed by atoms with Gasteiger partial charge in [-0.1, -0.05) is 12.2 Å². The second-order valence-electron chi connectivity index (χ2n) is 1.68. The third-order valence-electron chi connectivity index (χ3n) is 0.589. The summed E-state index contributed by atoms with van der Waals surface area (Å²) in [6.07, 6.45) is 3.96. The molecular weight excluding hydrogens is 215 g/mol. The highest BCUT2D eigenvalue weighted by Crippen LogP contribution is 1.98. The summed E-state index contributed by atoms with van der Waals surface area (Å²) in [4.78, 5) is 33.9. The van der Waals surface area contributed by atoms with Crippen molar-refractivity contribution < 1.29 is 34.2 Å². The SMILES string of the molecule is O=C(O)C=CC=CC(=O)O.O=[PH](O)O. The number of rotatable bonds is 3. The number of aliphatic carboxylic acids is 2. The lowest BCUT2D eigenvalue weighted by atomic mass is 10.4. The van der Waals surface area contributed by atoms with Crippen LogP contribution in [-0.4, -0.2) is 31.9 Å². The predicted molar refractivity (Wildman–Crippen MR) is 47.0 cm³/mol. The molecule has 0 amide bonds. The zero-order valence-electron chi connectivity index (χ0n) is 6.82. The molecule has 0 fully saturated rings. The Bertz CT molecular complexity index is 241. The van der Waals surface area contributed by atoms with Gasteiger partial charge in [-0.3, -0.25) is 4.57 Å². The van der Waals surface area contributed by atoms with Gasteiger partial charge < -0.3 is 20.0 Å². The summed E-state index contributed by atoms with van der Waals surface area (Å²) < 4.78 is 8.74. The number of hydrogen-bond donors (Lipinski definition) is 4. The first-order valence-electron chi connectivity index (χ1n) is 3.08. The molecule has 0 bridgehead atoms. The van der Waals surface area contributed by atoms with Crippen molar-refractivity contribution in [3.8, 4) is 0 Å². The van der Waals surface area contributed by atoms with Gasteiger partial charge in [0.1, 0.15) is 0 Å². The Balaban J connectivity index is 0. The highest BCUT2D eigenvalue weighted by atomic mass is 31.1. The summed E-state index contributed by atoms with van der Waals surface area (Å²) >= 11 is 0. The maximum atomic E-state index is 9.78. The zero-order chi connectivity index (χ0) is 11.6. The molecule has 14 heavy (non-hydrogen) atoms. The van der Waals surface area contributed by atoms with Crippen molar-refractivity contribution in [2.75, 3.05) is 0 Å². The summed E-state index contributed by atoms with van der Waals surface area (Å²) in [7, 11) is -3.13. The van der Waals surface area contributed by atoms with Crippen LogP contribution in [0.4, 0.5) is 0 Å². The first kappa shape index (κ1) is 15.1. The lowest BCUT2D eigenvalue weighted by Gasteiger charge is -1.75. The second kappa shape index (κ2) is 9.66. The molecular formula is C6H9O7P. The van der Waals surface area contributed by atoms with Crippen molar-refractivity contribution in [3.63, 3.8) is 0 Å². The molecule has 0 heterocycles. The van der Waals surface area contributed by atoms with Gasteiger partial charge in [0, 0.05) is 12.2 Å². The average Bonchev–Trinajstić information content (AvgIpc) is 1.96. The minimum atomic E-state index is -3.13. The van der Waals surface area contributed by atoms with Crippen LogP contribution < -0.4 is 0 Å². The van der Waals surface area contributed by atoms with Crippen molar-refractivity contribution in [3.05, 3.63) is 24.3 Å². The monoisotopic (exact) mass is 224 g/mol. The highest BCUT2D eigenvalue weighted by molar-refractivity contribution is 7.30. The molecule has 0 aromatic rings. The number of carboxylic acid groups (broad SMARTS) is 2. The van der Waals surface area contributed by atoms with E-state index in [0.717, 1.165) is 24.3 Å². The van der Waals surface area contributed by atoms with E-state index >= 15 is 0 Å². The first-order chi connectivity index (χ1) is 6.36. The number of carboxylic acids is 2. The Labute approximate surface area is 79.6 Å². The van der Waals surface area contributed by atoms with Gasteiger partial charge in [-0.15, -0.1) is 0 Å². The topological polar surface area (TPSA) is 132 Å². The van der Waals surface area contributed by atoms with Gasteiger partial charge in [-0.05, 0) is 0 Å². The number of carbonyl (C=O) groups is 2. The van der Waals surface area contributed by atoms with Gasteiger partial charge in [0.25, 0.3) is 0 Å². The van der Waals surface area contributed by atoms with E-state index in [1.165, 1.54) is 0 Å². The summed E-state index contributed by atoms with van der Waals surface area (Å²) in [6, 6.07) is 0. The zero-order valence-corrected chi connectivity index (χ0v) is 7.82. The fourth-order valence-corrected chi connectivity index (χ4v) is 0.276. The average molecular weight is 224 g/mol. The van der Waals surface area contributed by atoms with Crippen LogP contribution in [0.5, 0.6) is 0 Å². The molecule has 0 aromatic heterocycles. The molecule has 0 saturated heterocycles. The summed E-state index contributed by atoms with van der Waals surface area (Å²) in [6.45, 7) is 0. The molecule has 7 nitrogen and oxygen atoms in total. The van der Waals surface area contributed by atoms with E-state index in [-0.39, 0.29) is 0 Å². The van der Waals surface area contributed by atoms with E-state index < -0.39 is 20.2 Å². The minimum Gasteiger partial charge on any atom is -0.478 e. The fraction of sp³-hybridized carbons (Fsp3) is 0. The Morgan fingerprint density at radius 1 is 0.929 bits per heavy atom. The van der Waals surface area contributed by atoms with Gasteiger partial charge in [0.05, 0.1) is 0 Å². The first-order valence-corrected chi connectivity index (χ1v) is 4.39. The molecule has 0 atom stereocenters. The molecule has 0 unspecified atom stereocenters. The van der Waals surface area contributed by atoms with E-state index in [4.69, 9.17) is 24.6 Å². The quantitative estimate of drug-likeness (QED) is 0.292. The van der Waals surface area contributed by atoms with Crippen LogP contribution in [0, 0.1) is 0 Å². The van der Waals surface area contributed by atoms with E-state index in [0.29, 0.717) is 0 Å². The number of allylic oxidation sites excluding steroid dienone is 2. The minimum absolute atomic E-state index is 0.847. The molecule has 8 heteroatoms. The van der Waals surface area contributed by atoms with Crippen LogP contribution in [0.3, 0.4) is 0 Å². The normalized spacial score (nSPS) is 10.2. The van der Waals surface area contributed by atoms with Crippen LogP contribution in [0.25, 0.3) is 0 Å². The van der Waals surface area contributed by atoms with Gasteiger partial charge in [-0.25, -0.2) is 9.59 Å². The van der Waals surface area contributed by atoms with Gasteiger partial charge in [-0.2, -0.15) is 0 Å². The second-order valence-corrected chi connectivity index (χ2v) is 2.24. The van der Waals surface area contributed by atoms with Crippen molar-refractivity contribution in [2.45, 2.75) is 0 Å². The lowest BCUT2D eigenvalue weighted by molar-refractivity contribution is -0.132. The number of hydrogen-bond acceptors (Lipinski definition) is 3. The Kier molecular flexibility index (Phi) is 10.4. The van der Waals surface area contributed by atoms with Crippen LogP contribution in [-0.2, 0) is 14.2 Å². The highest BCUT2D eigenvalue weighted by Gasteiger charge is 1.83. The van der Waals surface area contributed by atoms with Crippen molar-refractivity contribution in [2.24, 2.45) is 0 Å². The lowest BCUT2D eigenvalue weighted by Crippen LogP contribution is -1.86. The van der Waals surface area contributed by atoms with E-state index in [1.807, 2.05) is 0 Å². The molecule has 0 aliphatic heterocycles. The molecule has 0 rings (SSSR count). The molecule has 0 aliphatic rings. The van der Waals surface area contributed by atoms with E-state index in [2.05, 4.69) is 0 Å². The summed E-state index contributed by atoms with van der Waals surface area (Å²) in [5, 5.41) is 16.0. The molecule has 0 spiro atoms. The van der Waals surface area contributed by atoms with Crippen LogP contribution in [0.15, 0.2) is 24.3 Å². The summed E-state index contributed by atoms with van der Waals surface area (Å²) in [5.41, 5.74) is 0. The fourth-order valence-electron chi connectivity index (χ4n) is 0.276. The van der Waals surface area contributed by atoms with Gasteiger partial charge in [0.2, 0.25) is 0 Å². The maximum Gasteiger partial charge on any atom is 0.328 e. The van der Waals surface area contributed by atoms with E-state index in [1.54, 1.807) is 0 Å². The van der Waals surface area contributed by atoms with Gasteiger partial charge >= 0.3 is 20.2 Å². The Morgan fingerprint density at radius 3 is 1.29 bits per heavy atom. The van der Waals surface area contributed by atoms with Crippen molar-refractivity contribution in [1.29, 1.82) is 0 Å². The largest absolute Gasteiger partial charge is 0.478 e. The standard InChI is InChI=1S/C6H6O4.H3O3P/c7-5(8)3-1-2-4-6(9)10;1-4(2)3/h1-4H,(H,7,8)(H,9,10);4H,(H2,1,2,3). The maximum absolute atomic E-state index is 9.78. The van der Waals surface area contributed by atoms with Crippen LogP contribution in [0.1, 0.15) is 0 Å². The molecule has 0 aromatic carbocycles. The summed E-state index contributed by atoms with van der Waals surface area (Å²) in [5.74, 6) is -2.20. The van der Waals surface area contributed by atoms with Crippen molar-refractivity contribution >= 4 is 20.2 Å². The molecule has 80 valence electrons. The molecule has 0 saturated carbocycles. The van der Waals surface area contributed by atoms with Crippen LogP contribution in [0.2, 0.25) is 0 Å². The van der Waals surface area contributed by atoms with Crippen molar-refractivity contribution in [1.82, 2.24) is 0 Å². The molecule has 4 N–H and O–H groups in total.